The maximum Gasteiger partial charge on any atom is 0.272 e. The highest BCUT2D eigenvalue weighted by molar-refractivity contribution is 5.93. The molecule has 0 radical (unpaired) electrons. The van der Waals surface area contributed by atoms with E-state index < -0.39 is 0 Å². The van der Waals surface area contributed by atoms with Crippen LogP contribution in [0.3, 0.4) is 0 Å². The zero-order chi connectivity index (χ0) is 15.2. The zero-order valence-corrected chi connectivity index (χ0v) is 13.4. The summed E-state index contributed by atoms with van der Waals surface area (Å²) in [5.41, 5.74) is 1.53. The first kappa shape index (κ1) is 15.8. The van der Waals surface area contributed by atoms with Gasteiger partial charge in [-0.25, -0.2) is 0 Å². The summed E-state index contributed by atoms with van der Waals surface area (Å²) in [6, 6.07) is 3.78. The van der Waals surface area contributed by atoms with Crippen LogP contribution in [0.5, 0.6) is 0 Å². The molecule has 21 heavy (non-hydrogen) atoms. The van der Waals surface area contributed by atoms with E-state index in [0.29, 0.717) is 11.6 Å². The van der Waals surface area contributed by atoms with E-state index in [2.05, 4.69) is 31.1 Å². The number of nitrogens with zero attached hydrogens (tertiary/aromatic N) is 2. The SMILES string of the molecule is CCCNc1ccnc(C(=O)N2CCC(C(C)C)CC2)c1. The van der Waals surface area contributed by atoms with E-state index in [9.17, 15) is 4.79 Å². The number of carbonyl (C=O) groups excluding carboxylic acids is 1. The van der Waals surface area contributed by atoms with Gasteiger partial charge in [0.05, 0.1) is 0 Å². The van der Waals surface area contributed by atoms with Gasteiger partial charge in [-0.1, -0.05) is 20.8 Å². The molecule has 1 amide bonds. The van der Waals surface area contributed by atoms with Crippen LogP contribution in [0.2, 0.25) is 0 Å². The second kappa shape index (κ2) is 7.43. The lowest BCUT2D eigenvalue weighted by Crippen LogP contribution is -2.39. The highest BCUT2D eigenvalue weighted by Crippen LogP contribution is 2.25. The quantitative estimate of drug-likeness (QED) is 0.903. The van der Waals surface area contributed by atoms with Crippen molar-refractivity contribution in [3.63, 3.8) is 0 Å². The fourth-order valence-electron chi connectivity index (χ4n) is 2.86. The number of piperidine rings is 1. The molecule has 2 heterocycles. The van der Waals surface area contributed by atoms with Crippen molar-refractivity contribution < 1.29 is 4.79 Å². The number of nitrogens with one attached hydrogen (secondary N) is 1. The minimum atomic E-state index is 0.0670. The number of hydrogen-bond donors (Lipinski definition) is 1. The highest BCUT2D eigenvalue weighted by atomic mass is 16.2. The van der Waals surface area contributed by atoms with E-state index in [4.69, 9.17) is 0 Å². The number of amides is 1. The van der Waals surface area contributed by atoms with Crippen LogP contribution in [0, 0.1) is 11.8 Å². The van der Waals surface area contributed by atoms with Crippen LogP contribution in [0.25, 0.3) is 0 Å². The standard InChI is InChI=1S/C17H27N3O/c1-4-8-18-15-5-9-19-16(12-15)17(21)20-10-6-14(7-11-20)13(2)3/h5,9,12-14H,4,6-8,10-11H2,1-3H3,(H,18,19). The van der Waals surface area contributed by atoms with E-state index in [1.807, 2.05) is 17.0 Å². The Labute approximate surface area is 127 Å². The maximum atomic E-state index is 12.5. The van der Waals surface area contributed by atoms with Gasteiger partial charge in [0.2, 0.25) is 0 Å². The first-order valence-electron chi connectivity index (χ1n) is 8.11. The van der Waals surface area contributed by atoms with Crippen molar-refractivity contribution in [3.8, 4) is 0 Å². The molecule has 2 rings (SSSR count). The molecule has 1 aromatic rings. The fourth-order valence-corrected chi connectivity index (χ4v) is 2.86. The van der Waals surface area contributed by atoms with Gasteiger partial charge in [-0.15, -0.1) is 0 Å². The lowest BCUT2D eigenvalue weighted by atomic mass is 9.86. The number of carbonyl (C=O) groups is 1. The number of rotatable bonds is 5. The normalized spacial score (nSPS) is 16.3. The minimum Gasteiger partial charge on any atom is -0.385 e. The third kappa shape index (κ3) is 4.19. The first-order valence-corrected chi connectivity index (χ1v) is 8.11. The maximum absolute atomic E-state index is 12.5. The third-order valence-corrected chi connectivity index (χ3v) is 4.33. The molecule has 0 aliphatic carbocycles. The van der Waals surface area contributed by atoms with E-state index in [0.717, 1.165) is 50.5 Å². The summed E-state index contributed by atoms with van der Waals surface area (Å²) in [5.74, 6) is 1.53. The molecule has 0 saturated carbocycles. The van der Waals surface area contributed by atoms with Gasteiger partial charge < -0.3 is 10.2 Å². The van der Waals surface area contributed by atoms with Gasteiger partial charge in [0, 0.05) is 31.5 Å². The number of anilines is 1. The summed E-state index contributed by atoms with van der Waals surface area (Å²) in [7, 11) is 0. The predicted molar refractivity (Wildman–Crippen MR) is 86.5 cm³/mol. The Kier molecular flexibility index (Phi) is 5.59. The summed E-state index contributed by atoms with van der Waals surface area (Å²) in [6.45, 7) is 9.29. The highest BCUT2D eigenvalue weighted by Gasteiger charge is 2.25. The summed E-state index contributed by atoms with van der Waals surface area (Å²) < 4.78 is 0. The largest absolute Gasteiger partial charge is 0.385 e. The number of likely N-dealkylation sites (tertiary alicyclic amines) is 1. The topological polar surface area (TPSA) is 45.2 Å². The summed E-state index contributed by atoms with van der Waals surface area (Å²) in [6.07, 6.45) is 4.99. The van der Waals surface area contributed by atoms with Crippen molar-refractivity contribution >= 4 is 11.6 Å². The van der Waals surface area contributed by atoms with Crippen LogP contribution < -0.4 is 5.32 Å². The molecule has 4 heteroatoms. The molecule has 0 spiro atoms. The van der Waals surface area contributed by atoms with Crippen LogP contribution in [-0.4, -0.2) is 35.4 Å². The molecule has 1 aliphatic rings. The molecule has 1 fully saturated rings. The van der Waals surface area contributed by atoms with Gasteiger partial charge in [0.15, 0.2) is 0 Å². The van der Waals surface area contributed by atoms with Crippen molar-refractivity contribution in [2.45, 2.75) is 40.0 Å². The minimum absolute atomic E-state index is 0.0670. The van der Waals surface area contributed by atoms with Crippen LogP contribution >= 0.6 is 0 Å². The Morgan fingerprint density at radius 3 is 2.76 bits per heavy atom. The lowest BCUT2D eigenvalue weighted by Gasteiger charge is -2.33. The number of pyridine rings is 1. The Morgan fingerprint density at radius 1 is 1.43 bits per heavy atom. The lowest BCUT2D eigenvalue weighted by molar-refractivity contribution is 0.0662. The third-order valence-electron chi connectivity index (χ3n) is 4.33. The molecular weight excluding hydrogens is 262 g/mol. The van der Waals surface area contributed by atoms with E-state index in [1.54, 1.807) is 6.20 Å². The average molecular weight is 289 g/mol. The molecule has 1 saturated heterocycles. The van der Waals surface area contributed by atoms with Crippen LogP contribution in [0.1, 0.15) is 50.5 Å². The predicted octanol–water partition coefficient (Wildman–Crippen LogP) is 3.41. The molecule has 0 atom stereocenters. The van der Waals surface area contributed by atoms with E-state index in [-0.39, 0.29) is 5.91 Å². The van der Waals surface area contributed by atoms with Gasteiger partial charge in [0.25, 0.3) is 5.91 Å². The van der Waals surface area contributed by atoms with Gasteiger partial charge in [-0.3, -0.25) is 9.78 Å². The van der Waals surface area contributed by atoms with Crippen LogP contribution in [0.4, 0.5) is 5.69 Å². The molecule has 1 N–H and O–H groups in total. The Hall–Kier alpha value is -1.58. The van der Waals surface area contributed by atoms with Crippen molar-refractivity contribution in [2.75, 3.05) is 25.0 Å². The van der Waals surface area contributed by atoms with Crippen molar-refractivity contribution in [3.05, 3.63) is 24.0 Å². The van der Waals surface area contributed by atoms with Crippen molar-refractivity contribution in [1.82, 2.24) is 9.88 Å². The number of hydrogen-bond acceptors (Lipinski definition) is 3. The summed E-state index contributed by atoms with van der Waals surface area (Å²) in [5, 5.41) is 3.30. The molecule has 0 aromatic carbocycles. The Balaban J connectivity index is 1.97. The van der Waals surface area contributed by atoms with Gasteiger partial charge in [-0.05, 0) is 43.2 Å². The molecular formula is C17H27N3O. The Bertz CT molecular complexity index is 465. The zero-order valence-electron chi connectivity index (χ0n) is 13.4. The smallest absolute Gasteiger partial charge is 0.272 e. The summed E-state index contributed by atoms with van der Waals surface area (Å²) >= 11 is 0. The van der Waals surface area contributed by atoms with Crippen LogP contribution in [-0.2, 0) is 0 Å². The average Bonchev–Trinajstić information content (AvgIpc) is 2.52. The molecule has 0 bridgehead atoms. The second-order valence-corrected chi connectivity index (χ2v) is 6.23. The fraction of sp³-hybridized carbons (Fsp3) is 0.647. The number of aromatic nitrogens is 1. The van der Waals surface area contributed by atoms with E-state index >= 15 is 0 Å². The van der Waals surface area contributed by atoms with Gasteiger partial charge in [-0.2, -0.15) is 0 Å². The molecule has 1 aromatic heterocycles. The first-order chi connectivity index (χ1) is 10.1. The van der Waals surface area contributed by atoms with Gasteiger partial charge in [0.1, 0.15) is 5.69 Å². The van der Waals surface area contributed by atoms with E-state index in [1.165, 1.54) is 0 Å². The van der Waals surface area contributed by atoms with Gasteiger partial charge >= 0.3 is 0 Å². The van der Waals surface area contributed by atoms with Crippen molar-refractivity contribution in [2.24, 2.45) is 11.8 Å². The second-order valence-electron chi connectivity index (χ2n) is 6.23. The van der Waals surface area contributed by atoms with Crippen molar-refractivity contribution in [1.29, 1.82) is 0 Å². The summed E-state index contributed by atoms with van der Waals surface area (Å²) in [4.78, 5) is 18.7. The molecule has 4 nitrogen and oxygen atoms in total. The Morgan fingerprint density at radius 2 is 2.14 bits per heavy atom. The van der Waals surface area contributed by atoms with Crippen LogP contribution in [0.15, 0.2) is 18.3 Å². The molecule has 0 unspecified atom stereocenters. The molecule has 1 aliphatic heterocycles. The molecule has 116 valence electrons. The monoisotopic (exact) mass is 289 g/mol.